The van der Waals surface area contributed by atoms with Crippen LogP contribution in [0, 0.1) is 5.41 Å². The molecule has 4 N–H and O–H groups in total. The SMILES string of the molecule is N=C(N)c1ccc(C[C@H](NS(=O)(=O)c2ccc3cc4ccccc4cc3c2)C(=O)N2CCCCCC2)cc1. The Morgan fingerprint density at radius 1 is 0.842 bits per heavy atom. The summed E-state index contributed by atoms with van der Waals surface area (Å²) in [5, 5.41) is 11.5. The number of nitrogens with one attached hydrogen (secondary N) is 2. The summed E-state index contributed by atoms with van der Waals surface area (Å²) < 4.78 is 30.0. The molecule has 1 amide bonds. The molecule has 0 aromatic heterocycles. The molecule has 5 rings (SSSR count). The molecule has 1 atom stereocenters. The van der Waals surface area contributed by atoms with E-state index in [1.807, 2.05) is 42.5 Å². The monoisotopic (exact) mass is 528 g/mol. The highest BCUT2D eigenvalue weighted by molar-refractivity contribution is 7.89. The molecule has 7 nitrogen and oxygen atoms in total. The lowest BCUT2D eigenvalue weighted by Gasteiger charge is -2.27. The van der Waals surface area contributed by atoms with Crippen molar-refractivity contribution in [1.82, 2.24) is 9.62 Å². The lowest BCUT2D eigenvalue weighted by molar-refractivity contribution is -0.132. The Labute approximate surface area is 223 Å². The second-order valence-corrected chi connectivity index (χ2v) is 11.7. The van der Waals surface area contributed by atoms with Crippen molar-refractivity contribution in [2.24, 2.45) is 5.73 Å². The smallest absolute Gasteiger partial charge is 0.241 e. The van der Waals surface area contributed by atoms with Gasteiger partial charge in [-0.3, -0.25) is 10.2 Å². The molecular weight excluding hydrogens is 496 g/mol. The number of hydrogen-bond donors (Lipinski definition) is 3. The van der Waals surface area contributed by atoms with E-state index < -0.39 is 16.1 Å². The summed E-state index contributed by atoms with van der Waals surface area (Å²) in [5.74, 6) is -0.253. The number of benzene rings is 4. The van der Waals surface area contributed by atoms with Crippen molar-refractivity contribution >= 4 is 43.3 Å². The van der Waals surface area contributed by atoms with Gasteiger partial charge in [-0.15, -0.1) is 0 Å². The van der Waals surface area contributed by atoms with E-state index in [0.29, 0.717) is 18.7 Å². The number of nitrogens with two attached hydrogens (primary N) is 1. The maximum absolute atomic E-state index is 13.6. The van der Waals surface area contributed by atoms with E-state index in [4.69, 9.17) is 11.1 Å². The van der Waals surface area contributed by atoms with Crippen LogP contribution in [-0.4, -0.2) is 44.2 Å². The predicted octanol–water partition coefficient (Wildman–Crippen LogP) is 4.57. The Kier molecular flexibility index (Phi) is 7.44. The average Bonchev–Trinajstić information content (AvgIpc) is 3.21. The highest BCUT2D eigenvalue weighted by Gasteiger charge is 2.30. The van der Waals surface area contributed by atoms with Gasteiger partial charge in [-0.05, 0) is 70.6 Å². The van der Waals surface area contributed by atoms with Crippen LogP contribution in [0.3, 0.4) is 0 Å². The summed E-state index contributed by atoms with van der Waals surface area (Å²) >= 11 is 0. The first-order chi connectivity index (χ1) is 18.3. The molecule has 1 saturated heterocycles. The molecule has 0 saturated carbocycles. The van der Waals surface area contributed by atoms with Crippen LogP contribution < -0.4 is 10.5 Å². The van der Waals surface area contributed by atoms with Crippen molar-refractivity contribution in [3.05, 3.63) is 90.0 Å². The molecule has 38 heavy (non-hydrogen) atoms. The molecule has 4 aromatic rings. The Morgan fingerprint density at radius 2 is 1.45 bits per heavy atom. The third kappa shape index (κ3) is 5.71. The lowest BCUT2D eigenvalue weighted by Crippen LogP contribution is -2.49. The minimum absolute atomic E-state index is 0.0430. The second-order valence-electron chi connectivity index (χ2n) is 9.94. The van der Waals surface area contributed by atoms with Gasteiger partial charge in [-0.25, -0.2) is 8.42 Å². The molecule has 8 heteroatoms. The number of carbonyl (C=O) groups excluding carboxylic acids is 1. The number of nitrogens with zero attached hydrogens (tertiary/aromatic N) is 1. The number of amidine groups is 1. The van der Waals surface area contributed by atoms with Crippen LogP contribution in [0.5, 0.6) is 0 Å². The largest absolute Gasteiger partial charge is 0.384 e. The number of sulfonamides is 1. The van der Waals surface area contributed by atoms with Gasteiger partial charge in [0.25, 0.3) is 0 Å². The first-order valence-electron chi connectivity index (χ1n) is 13.0. The number of fused-ring (bicyclic) bond motifs is 2. The lowest BCUT2D eigenvalue weighted by atomic mass is 10.0. The van der Waals surface area contributed by atoms with Crippen molar-refractivity contribution < 1.29 is 13.2 Å². The van der Waals surface area contributed by atoms with E-state index in [2.05, 4.69) is 4.72 Å². The molecule has 0 radical (unpaired) electrons. The van der Waals surface area contributed by atoms with Gasteiger partial charge in [-0.1, -0.05) is 67.4 Å². The van der Waals surface area contributed by atoms with Crippen molar-refractivity contribution in [2.45, 2.75) is 43.0 Å². The minimum atomic E-state index is -3.99. The van der Waals surface area contributed by atoms with E-state index >= 15 is 0 Å². The number of amides is 1. The van der Waals surface area contributed by atoms with Gasteiger partial charge in [0, 0.05) is 18.7 Å². The zero-order chi connectivity index (χ0) is 26.7. The Balaban J connectivity index is 1.46. The van der Waals surface area contributed by atoms with E-state index in [-0.39, 0.29) is 23.1 Å². The standard InChI is InChI=1S/C30H32N4O3S/c31-29(32)22-11-9-21(10-12-22)17-28(30(35)34-15-5-1-2-6-16-34)33-38(36,37)27-14-13-25-18-23-7-3-4-8-24(23)19-26(25)20-27/h3-4,7-14,18-20,28,33H,1-2,5-6,15-17H2,(H3,31,32)/t28-/m0/s1. The maximum Gasteiger partial charge on any atom is 0.241 e. The van der Waals surface area contributed by atoms with E-state index in [1.54, 1.807) is 41.3 Å². The summed E-state index contributed by atoms with van der Waals surface area (Å²) in [4.78, 5) is 15.6. The van der Waals surface area contributed by atoms with Crippen molar-refractivity contribution in [3.63, 3.8) is 0 Å². The molecule has 1 heterocycles. The highest BCUT2D eigenvalue weighted by atomic mass is 32.2. The van der Waals surface area contributed by atoms with Crippen LogP contribution >= 0.6 is 0 Å². The van der Waals surface area contributed by atoms with Crippen LogP contribution in [0.15, 0.2) is 83.8 Å². The summed E-state index contributed by atoms with van der Waals surface area (Å²) in [6, 6.07) is 23.1. The van der Waals surface area contributed by atoms with E-state index in [1.165, 1.54) is 0 Å². The van der Waals surface area contributed by atoms with Crippen LogP contribution in [0.2, 0.25) is 0 Å². The van der Waals surface area contributed by atoms with Gasteiger partial charge in [0.1, 0.15) is 11.9 Å². The topological polar surface area (TPSA) is 116 Å². The first-order valence-corrected chi connectivity index (χ1v) is 14.5. The van der Waals surface area contributed by atoms with Crippen LogP contribution in [0.4, 0.5) is 0 Å². The second kappa shape index (κ2) is 10.9. The molecule has 196 valence electrons. The van der Waals surface area contributed by atoms with Gasteiger partial charge < -0.3 is 10.6 Å². The average molecular weight is 529 g/mol. The highest BCUT2D eigenvalue weighted by Crippen LogP contribution is 2.26. The van der Waals surface area contributed by atoms with Crippen molar-refractivity contribution in [3.8, 4) is 0 Å². The summed E-state index contributed by atoms with van der Waals surface area (Å²) in [6.07, 6.45) is 4.16. The maximum atomic E-state index is 13.6. The third-order valence-corrected chi connectivity index (χ3v) is 8.67. The number of hydrogen-bond acceptors (Lipinski definition) is 4. The molecule has 4 aromatic carbocycles. The molecule has 0 aliphatic carbocycles. The molecule has 0 spiro atoms. The zero-order valence-electron chi connectivity index (χ0n) is 21.2. The number of likely N-dealkylation sites (tertiary alicyclic amines) is 1. The van der Waals surface area contributed by atoms with Gasteiger partial charge in [-0.2, -0.15) is 4.72 Å². The predicted molar refractivity (Wildman–Crippen MR) is 152 cm³/mol. The zero-order valence-corrected chi connectivity index (χ0v) is 22.0. The number of rotatable bonds is 7. The Hall–Kier alpha value is -3.75. The van der Waals surface area contributed by atoms with Crippen molar-refractivity contribution in [1.29, 1.82) is 5.41 Å². The van der Waals surface area contributed by atoms with E-state index in [9.17, 15) is 13.2 Å². The molecule has 0 unspecified atom stereocenters. The fourth-order valence-corrected chi connectivity index (χ4v) is 6.31. The molecular formula is C30H32N4O3S. The summed E-state index contributed by atoms with van der Waals surface area (Å²) in [6.45, 7) is 1.26. The van der Waals surface area contributed by atoms with Crippen LogP contribution in [-0.2, 0) is 21.2 Å². The van der Waals surface area contributed by atoms with E-state index in [0.717, 1.165) is 52.8 Å². The van der Waals surface area contributed by atoms with Gasteiger partial charge in [0.05, 0.1) is 4.90 Å². The third-order valence-electron chi connectivity index (χ3n) is 7.20. The van der Waals surface area contributed by atoms with Gasteiger partial charge >= 0.3 is 0 Å². The van der Waals surface area contributed by atoms with Crippen molar-refractivity contribution in [2.75, 3.05) is 13.1 Å². The Morgan fingerprint density at radius 3 is 2.08 bits per heavy atom. The number of nitrogen functional groups attached to an aromatic ring is 1. The summed E-state index contributed by atoms with van der Waals surface area (Å²) in [7, 11) is -3.99. The minimum Gasteiger partial charge on any atom is -0.384 e. The Bertz CT molecular complexity index is 1590. The van der Waals surface area contributed by atoms with Gasteiger partial charge in [0.15, 0.2) is 0 Å². The summed E-state index contributed by atoms with van der Waals surface area (Å²) in [5.41, 5.74) is 6.94. The van der Waals surface area contributed by atoms with Crippen LogP contribution in [0.25, 0.3) is 21.5 Å². The molecule has 1 aliphatic rings. The molecule has 1 fully saturated rings. The fourth-order valence-electron chi connectivity index (χ4n) is 5.09. The quantitative estimate of drug-likeness (QED) is 0.185. The normalized spacial score (nSPS) is 15.3. The number of carbonyl (C=O) groups is 1. The first kappa shape index (κ1) is 25.9. The fraction of sp³-hybridized carbons (Fsp3) is 0.267. The molecule has 1 aliphatic heterocycles. The van der Waals surface area contributed by atoms with Crippen LogP contribution in [0.1, 0.15) is 36.8 Å². The molecule has 0 bridgehead atoms. The van der Waals surface area contributed by atoms with Gasteiger partial charge in [0.2, 0.25) is 15.9 Å².